The molecule has 1 aromatic heterocycles. The number of ether oxygens (including phenoxy) is 4. The zero-order valence-electron chi connectivity index (χ0n) is 11.1. The van der Waals surface area contributed by atoms with Gasteiger partial charge in [-0.2, -0.15) is 4.98 Å². The lowest BCUT2D eigenvalue weighted by molar-refractivity contribution is -0.215. The van der Waals surface area contributed by atoms with E-state index < -0.39 is 11.9 Å². The molecule has 0 aliphatic carbocycles. The summed E-state index contributed by atoms with van der Waals surface area (Å²) < 4.78 is 20.1. The molecule has 1 atom stereocenters. The molecule has 0 bridgehead atoms. The zero-order chi connectivity index (χ0) is 13.8. The van der Waals surface area contributed by atoms with E-state index in [1.54, 1.807) is 0 Å². The fourth-order valence-electron chi connectivity index (χ4n) is 1.61. The Morgan fingerprint density at radius 3 is 2.22 bits per heavy atom. The Kier molecular flexibility index (Phi) is 4.83. The van der Waals surface area contributed by atoms with Crippen LogP contribution >= 0.6 is 0 Å². The summed E-state index contributed by atoms with van der Waals surface area (Å²) in [5.74, 6) is 0.441. The van der Waals surface area contributed by atoms with E-state index in [9.17, 15) is 5.11 Å². The zero-order valence-corrected chi connectivity index (χ0v) is 11.1. The number of hydrogen-bond donors (Lipinski definition) is 1. The molecule has 1 rings (SSSR count). The summed E-state index contributed by atoms with van der Waals surface area (Å²) in [5.41, 5.74) is -1.30. The fraction of sp³-hybridized carbons (Fsp3) is 0.636. The summed E-state index contributed by atoms with van der Waals surface area (Å²) in [7, 11) is 5.74. The standard InChI is InChI=1S/C11H18N2O5/c1-11(14,10(17-4)18-5)8-9(16-3)13-7(15-2)6-12-8/h6,10,14H,1-5H3. The first-order valence-electron chi connectivity index (χ1n) is 5.24. The third kappa shape index (κ3) is 2.69. The highest BCUT2D eigenvalue weighted by atomic mass is 16.7. The van der Waals surface area contributed by atoms with Crippen molar-refractivity contribution in [2.45, 2.75) is 18.8 Å². The van der Waals surface area contributed by atoms with Crippen LogP contribution in [0.5, 0.6) is 11.8 Å². The highest BCUT2D eigenvalue weighted by molar-refractivity contribution is 5.28. The average Bonchev–Trinajstić information content (AvgIpc) is 2.38. The van der Waals surface area contributed by atoms with Gasteiger partial charge in [-0.05, 0) is 6.92 Å². The Labute approximate surface area is 106 Å². The molecular weight excluding hydrogens is 240 g/mol. The van der Waals surface area contributed by atoms with Crippen molar-refractivity contribution in [1.82, 2.24) is 9.97 Å². The second-order valence-corrected chi connectivity index (χ2v) is 3.72. The molecule has 7 nitrogen and oxygen atoms in total. The van der Waals surface area contributed by atoms with Gasteiger partial charge in [-0.25, -0.2) is 4.98 Å². The van der Waals surface area contributed by atoms with Gasteiger partial charge >= 0.3 is 0 Å². The first-order valence-corrected chi connectivity index (χ1v) is 5.24. The van der Waals surface area contributed by atoms with Crippen molar-refractivity contribution < 1.29 is 24.1 Å². The summed E-state index contributed by atoms with van der Waals surface area (Å²) in [5, 5.41) is 10.4. The monoisotopic (exact) mass is 258 g/mol. The number of nitrogens with zero attached hydrogens (tertiary/aromatic N) is 2. The van der Waals surface area contributed by atoms with E-state index in [4.69, 9.17) is 18.9 Å². The maximum Gasteiger partial charge on any atom is 0.241 e. The third-order valence-electron chi connectivity index (χ3n) is 2.49. The molecule has 1 N–H and O–H groups in total. The fourth-order valence-corrected chi connectivity index (χ4v) is 1.61. The number of methoxy groups -OCH3 is 4. The summed E-state index contributed by atoms with van der Waals surface area (Å²) in [6.45, 7) is 1.50. The van der Waals surface area contributed by atoms with Crippen LogP contribution in [0, 0.1) is 0 Å². The summed E-state index contributed by atoms with van der Waals surface area (Å²) in [6, 6.07) is 0. The van der Waals surface area contributed by atoms with Gasteiger partial charge in [0, 0.05) is 14.2 Å². The van der Waals surface area contributed by atoms with E-state index in [-0.39, 0.29) is 17.5 Å². The topological polar surface area (TPSA) is 82.9 Å². The number of hydrogen-bond acceptors (Lipinski definition) is 7. The first kappa shape index (κ1) is 14.6. The predicted octanol–water partition coefficient (Wildman–Crippen LogP) is 0.320. The highest BCUT2D eigenvalue weighted by Crippen LogP contribution is 2.31. The van der Waals surface area contributed by atoms with Crippen molar-refractivity contribution in [3.63, 3.8) is 0 Å². The first-order chi connectivity index (χ1) is 8.51. The van der Waals surface area contributed by atoms with Gasteiger partial charge in [-0.1, -0.05) is 0 Å². The molecule has 1 heterocycles. The van der Waals surface area contributed by atoms with E-state index in [1.165, 1.54) is 41.6 Å². The minimum atomic E-state index is -1.51. The molecule has 0 saturated carbocycles. The lowest BCUT2D eigenvalue weighted by Gasteiger charge is -2.30. The molecule has 0 amide bonds. The van der Waals surface area contributed by atoms with E-state index in [2.05, 4.69) is 9.97 Å². The SMILES string of the molecule is COc1cnc(C(C)(O)C(OC)OC)c(OC)n1. The van der Waals surface area contributed by atoms with Crippen LogP contribution in [0.15, 0.2) is 6.20 Å². The van der Waals surface area contributed by atoms with Crippen LogP contribution in [-0.2, 0) is 15.1 Å². The van der Waals surface area contributed by atoms with Crippen LogP contribution < -0.4 is 9.47 Å². The predicted molar refractivity (Wildman–Crippen MR) is 62.5 cm³/mol. The molecule has 0 spiro atoms. The van der Waals surface area contributed by atoms with Crippen molar-refractivity contribution in [3.8, 4) is 11.8 Å². The number of aliphatic hydroxyl groups is 1. The van der Waals surface area contributed by atoms with Gasteiger partial charge in [0.1, 0.15) is 5.69 Å². The maximum atomic E-state index is 10.4. The van der Waals surface area contributed by atoms with Gasteiger partial charge < -0.3 is 24.1 Å². The Morgan fingerprint density at radius 2 is 1.78 bits per heavy atom. The van der Waals surface area contributed by atoms with Gasteiger partial charge in [0.2, 0.25) is 11.8 Å². The van der Waals surface area contributed by atoms with E-state index in [1.807, 2.05) is 0 Å². The third-order valence-corrected chi connectivity index (χ3v) is 2.49. The second kappa shape index (κ2) is 5.94. The van der Waals surface area contributed by atoms with Gasteiger partial charge in [0.25, 0.3) is 0 Å². The van der Waals surface area contributed by atoms with Crippen LogP contribution in [0.1, 0.15) is 12.6 Å². The van der Waals surface area contributed by atoms with Crippen LogP contribution in [-0.4, -0.2) is 49.8 Å². The molecule has 0 saturated heterocycles. The Morgan fingerprint density at radius 1 is 1.17 bits per heavy atom. The van der Waals surface area contributed by atoms with Crippen molar-refractivity contribution in [3.05, 3.63) is 11.9 Å². The van der Waals surface area contributed by atoms with Gasteiger partial charge in [-0.15, -0.1) is 0 Å². The molecule has 0 aromatic carbocycles. The summed E-state index contributed by atoms with van der Waals surface area (Å²) in [6.07, 6.45) is 0.489. The van der Waals surface area contributed by atoms with Crippen LogP contribution in [0.3, 0.4) is 0 Å². The van der Waals surface area contributed by atoms with Crippen LogP contribution in [0.4, 0.5) is 0 Å². The van der Waals surface area contributed by atoms with Gasteiger partial charge in [-0.3, -0.25) is 0 Å². The molecule has 0 radical (unpaired) electrons. The minimum absolute atomic E-state index is 0.151. The lowest BCUT2D eigenvalue weighted by Crippen LogP contribution is -2.40. The molecule has 1 aromatic rings. The normalized spacial score (nSPS) is 14.4. The Bertz CT molecular complexity index is 393. The largest absolute Gasteiger partial charge is 0.480 e. The van der Waals surface area contributed by atoms with Gasteiger partial charge in [0.05, 0.1) is 20.4 Å². The van der Waals surface area contributed by atoms with E-state index in [0.29, 0.717) is 0 Å². The minimum Gasteiger partial charge on any atom is -0.480 e. The average molecular weight is 258 g/mol. The smallest absolute Gasteiger partial charge is 0.241 e. The van der Waals surface area contributed by atoms with Crippen molar-refractivity contribution >= 4 is 0 Å². The molecule has 18 heavy (non-hydrogen) atoms. The molecule has 102 valence electrons. The Hall–Kier alpha value is -1.44. The summed E-state index contributed by atoms with van der Waals surface area (Å²) in [4.78, 5) is 8.14. The number of aromatic nitrogens is 2. The van der Waals surface area contributed by atoms with Crippen LogP contribution in [0.25, 0.3) is 0 Å². The van der Waals surface area contributed by atoms with E-state index >= 15 is 0 Å². The molecule has 0 aliphatic rings. The molecule has 1 unspecified atom stereocenters. The second-order valence-electron chi connectivity index (χ2n) is 3.72. The van der Waals surface area contributed by atoms with Crippen LogP contribution in [0.2, 0.25) is 0 Å². The van der Waals surface area contributed by atoms with Gasteiger partial charge in [0.15, 0.2) is 11.9 Å². The molecule has 7 heteroatoms. The molecule has 0 aliphatic heterocycles. The lowest BCUT2D eigenvalue weighted by atomic mass is 10.0. The highest BCUT2D eigenvalue weighted by Gasteiger charge is 2.39. The summed E-state index contributed by atoms with van der Waals surface area (Å²) >= 11 is 0. The van der Waals surface area contributed by atoms with Crippen molar-refractivity contribution in [2.24, 2.45) is 0 Å². The van der Waals surface area contributed by atoms with Crippen molar-refractivity contribution in [2.75, 3.05) is 28.4 Å². The molecule has 0 fully saturated rings. The maximum absolute atomic E-state index is 10.4. The quantitative estimate of drug-likeness (QED) is 0.736. The molecular formula is C11H18N2O5. The Balaban J connectivity index is 3.22. The number of rotatable bonds is 6. The van der Waals surface area contributed by atoms with E-state index in [0.717, 1.165) is 0 Å². The van der Waals surface area contributed by atoms with Crippen molar-refractivity contribution in [1.29, 1.82) is 0 Å².